The summed E-state index contributed by atoms with van der Waals surface area (Å²) in [5.41, 5.74) is -0.137. The van der Waals surface area contributed by atoms with Crippen LogP contribution in [0.15, 0.2) is 30.5 Å². The smallest absolute Gasteiger partial charge is 0.231 e. The van der Waals surface area contributed by atoms with Gasteiger partial charge in [-0.25, -0.2) is 0 Å². The first-order chi connectivity index (χ1) is 12.0. The second-order valence-electron chi connectivity index (χ2n) is 6.57. The van der Waals surface area contributed by atoms with Crippen LogP contribution in [0, 0.1) is 5.41 Å². The number of aromatic nitrogens is 1. The van der Waals surface area contributed by atoms with E-state index in [0.717, 1.165) is 0 Å². The fraction of sp³-hybridized carbons (Fsp3) is 0.333. The third-order valence-corrected chi connectivity index (χ3v) is 5.02. The van der Waals surface area contributed by atoms with E-state index in [0.29, 0.717) is 31.3 Å². The zero-order valence-electron chi connectivity index (χ0n) is 14.4. The normalized spacial score (nSPS) is 12.8. The van der Waals surface area contributed by atoms with Gasteiger partial charge in [0, 0.05) is 23.3 Å². The molecule has 1 aromatic heterocycles. The molecule has 0 saturated heterocycles. The van der Waals surface area contributed by atoms with Crippen molar-refractivity contribution in [2.45, 2.75) is 26.5 Å². The number of halogens is 4. The first-order valence-electron chi connectivity index (χ1n) is 7.72. The van der Waals surface area contributed by atoms with Crippen molar-refractivity contribution >= 4 is 52.3 Å². The second-order valence-corrected chi connectivity index (χ2v) is 8.29. The molecule has 2 rings (SSSR count). The fourth-order valence-electron chi connectivity index (χ4n) is 2.61. The Labute approximate surface area is 172 Å². The number of carbonyl (C=O) groups is 1. The van der Waals surface area contributed by atoms with Crippen LogP contribution < -0.4 is 0 Å². The molecule has 2 aromatic rings. The lowest BCUT2D eigenvalue weighted by Gasteiger charge is -2.33. The van der Waals surface area contributed by atoms with Crippen LogP contribution in [0.1, 0.15) is 31.2 Å². The summed E-state index contributed by atoms with van der Waals surface area (Å²) in [5.74, 6) is -0.283. The highest BCUT2D eigenvalue weighted by Crippen LogP contribution is 2.37. The van der Waals surface area contributed by atoms with E-state index in [1.807, 2.05) is 0 Å². The standard InChI is InChI=1S/C18H18Cl4N2O2/c1-18(2,16(25)10-4-11(19)6-12(20)5-10)17(26)24(3)9-15-14(22)7-13(21)8-23-15/h4-8,16,25H,9H2,1-3H3. The van der Waals surface area contributed by atoms with Gasteiger partial charge in [0.15, 0.2) is 0 Å². The van der Waals surface area contributed by atoms with Crippen molar-refractivity contribution < 1.29 is 9.90 Å². The molecule has 0 fully saturated rings. The number of nitrogens with zero attached hydrogens (tertiary/aromatic N) is 2. The number of rotatable bonds is 5. The average molecular weight is 436 g/mol. The van der Waals surface area contributed by atoms with E-state index in [1.54, 1.807) is 45.2 Å². The average Bonchev–Trinajstić information content (AvgIpc) is 2.54. The van der Waals surface area contributed by atoms with Gasteiger partial charge < -0.3 is 10.0 Å². The molecule has 0 aliphatic heterocycles. The topological polar surface area (TPSA) is 53.4 Å². The van der Waals surface area contributed by atoms with Gasteiger partial charge >= 0.3 is 0 Å². The summed E-state index contributed by atoms with van der Waals surface area (Å²) in [6, 6.07) is 6.31. The first kappa shape index (κ1) is 21.3. The van der Waals surface area contributed by atoms with E-state index >= 15 is 0 Å². The van der Waals surface area contributed by atoms with Crippen LogP contribution in [0.2, 0.25) is 20.1 Å². The molecule has 26 heavy (non-hydrogen) atoms. The third-order valence-electron chi connectivity index (χ3n) is 4.05. The number of hydrogen-bond donors (Lipinski definition) is 1. The summed E-state index contributed by atoms with van der Waals surface area (Å²) in [5, 5.41) is 12.3. The van der Waals surface area contributed by atoms with E-state index in [1.165, 1.54) is 11.1 Å². The molecule has 0 radical (unpaired) electrons. The second kappa shape index (κ2) is 8.32. The number of aliphatic hydroxyl groups excluding tert-OH is 1. The molecule has 0 saturated carbocycles. The van der Waals surface area contributed by atoms with Crippen molar-refractivity contribution in [3.63, 3.8) is 0 Å². The Morgan fingerprint density at radius 3 is 2.23 bits per heavy atom. The lowest BCUT2D eigenvalue weighted by molar-refractivity contribution is -0.146. The molecule has 1 heterocycles. The van der Waals surface area contributed by atoms with Gasteiger partial charge in [-0.15, -0.1) is 0 Å². The number of benzene rings is 1. The zero-order valence-corrected chi connectivity index (χ0v) is 17.5. The summed E-state index contributed by atoms with van der Waals surface area (Å²) >= 11 is 24.0. The molecule has 0 aliphatic rings. The molecule has 0 bridgehead atoms. The summed E-state index contributed by atoms with van der Waals surface area (Å²) in [6.07, 6.45) is 0.372. The van der Waals surface area contributed by atoms with Crippen LogP contribution in [-0.4, -0.2) is 27.9 Å². The van der Waals surface area contributed by atoms with E-state index in [2.05, 4.69) is 4.98 Å². The Bertz CT molecular complexity index is 807. The quantitative estimate of drug-likeness (QED) is 0.682. The molecule has 4 nitrogen and oxygen atoms in total. The molecular formula is C18H18Cl4N2O2. The van der Waals surface area contributed by atoms with Gasteiger partial charge in [0.25, 0.3) is 0 Å². The molecule has 1 unspecified atom stereocenters. The lowest BCUT2D eigenvalue weighted by atomic mass is 9.81. The summed E-state index contributed by atoms with van der Waals surface area (Å²) < 4.78 is 0. The van der Waals surface area contributed by atoms with Crippen molar-refractivity contribution in [3.8, 4) is 0 Å². The van der Waals surface area contributed by atoms with Gasteiger partial charge in [0.2, 0.25) is 5.91 Å². The van der Waals surface area contributed by atoms with Crippen molar-refractivity contribution in [3.05, 3.63) is 61.8 Å². The molecule has 1 atom stereocenters. The lowest BCUT2D eigenvalue weighted by Crippen LogP contribution is -2.42. The van der Waals surface area contributed by atoms with Gasteiger partial charge in [-0.1, -0.05) is 46.4 Å². The van der Waals surface area contributed by atoms with Gasteiger partial charge in [0.1, 0.15) is 0 Å². The third kappa shape index (κ3) is 4.81. The molecule has 8 heteroatoms. The predicted molar refractivity (Wildman–Crippen MR) is 106 cm³/mol. The summed E-state index contributed by atoms with van der Waals surface area (Å²) in [4.78, 5) is 18.5. The van der Waals surface area contributed by atoms with E-state index in [9.17, 15) is 9.90 Å². The molecule has 0 aliphatic carbocycles. The Morgan fingerprint density at radius 2 is 1.69 bits per heavy atom. The Kier molecular flexibility index (Phi) is 6.81. The monoisotopic (exact) mass is 434 g/mol. The predicted octanol–water partition coefficient (Wildman–Crippen LogP) is 5.41. The van der Waals surface area contributed by atoms with Crippen LogP contribution in [0.25, 0.3) is 0 Å². The Hall–Kier alpha value is -1.04. The summed E-state index contributed by atoms with van der Waals surface area (Å²) in [6.45, 7) is 3.49. The van der Waals surface area contributed by atoms with Crippen LogP contribution in [0.3, 0.4) is 0 Å². The molecule has 140 valence electrons. The van der Waals surface area contributed by atoms with Crippen molar-refractivity contribution in [2.75, 3.05) is 7.05 Å². The van der Waals surface area contributed by atoms with Gasteiger partial charge in [0.05, 0.1) is 33.8 Å². The number of pyridine rings is 1. The maximum Gasteiger partial charge on any atom is 0.231 e. The zero-order chi connectivity index (χ0) is 19.6. The van der Waals surface area contributed by atoms with Gasteiger partial charge in [-0.05, 0) is 43.7 Å². The number of carbonyl (C=O) groups excluding carboxylic acids is 1. The molecular weight excluding hydrogens is 418 g/mol. The Balaban J connectivity index is 2.22. The van der Waals surface area contributed by atoms with Gasteiger partial charge in [-0.2, -0.15) is 0 Å². The number of amides is 1. The summed E-state index contributed by atoms with van der Waals surface area (Å²) in [7, 11) is 1.62. The maximum absolute atomic E-state index is 12.9. The minimum absolute atomic E-state index is 0.182. The highest BCUT2D eigenvalue weighted by Gasteiger charge is 2.39. The van der Waals surface area contributed by atoms with Crippen LogP contribution in [-0.2, 0) is 11.3 Å². The molecule has 0 spiro atoms. The van der Waals surface area contributed by atoms with Crippen LogP contribution in [0.5, 0.6) is 0 Å². The maximum atomic E-state index is 12.9. The van der Waals surface area contributed by atoms with Crippen molar-refractivity contribution in [2.24, 2.45) is 5.41 Å². The van der Waals surface area contributed by atoms with E-state index in [4.69, 9.17) is 46.4 Å². The van der Waals surface area contributed by atoms with E-state index in [-0.39, 0.29) is 12.5 Å². The first-order valence-corrected chi connectivity index (χ1v) is 9.23. The largest absolute Gasteiger partial charge is 0.387 e. The van der Waals surface area contributed by atoms with E-state index < -0.39 is 11.5 Å². The highest BCUT2D eigenvalue weighted by molar-refractivity contribution is 6.35. The van der Waals surface area contributed by atoms with Crippen LogP contribution >= 0.6 is 46.4 Å². The number of hydrogen-bond acceptors (Lipinski definition) is 3. The van der Waals surface area contributed by atoms with Crippen molar-refractivity contribution in [1.82, 2.24) is 9.88 Å². The SMILES string of the molecule is CN(Cc1ncc(Cl)cc1Cl)C(=O)C(C)(C)C(O)c1cc(Cl)cc(Cl)c1. The molecule has 1 N–H and O–H groups in total. The minimum atomic E-state index is -1.12. The highest BCUT2D eigenvalue weighted by atomic mass is 35.5. The fourth-order valence-corrected chi connectivity index (χ4v) is 3.60. The number of aliphatic hydroxyl groups is 1. The van der Waals surface area contributed by atoms with Gasteiger partial charge in [-0.3, -0.25) is 9.78 Å². The minimum Gasteiger partial charge on any atom is -0.387 e. The van der Waals surface area contributed by atoms with Crippen LogP contribution in [0.4, 0.5) is 0 Å². The van der Waals surface area contributed by atoms with Crippen molar-refractivity contribution in [1.29, 1.82) is 0 Å². The Morgan fingerprint density at radius 1 is 1.12 bits per heavy atom. The molecule has 1 amide bonds. The molecule has 1 aromatic carbocycles.